The Bertz CT molecular complexity index is 1250. The summed E-state index contributed by atoms with van der Waals surface area (Å²) < 4.78 is 3.83. The predicted molar refractivity (Wildman–Crippen MR) is 109 cm³/mol. The van der Waals surface area contributed by atoms with E-state index >= 15 is 0 Å². The Balaban J connectivity index is 1.31. The summed E-state index contributed by atoms with van der Waals surface area (Å²) in [6, 6.07) is 21.4. The molecule has 0 unspecified atom stereocenters. The molecular weight excluding hydrogens is 350 g/mol. The van der Waals surface area contributed by atoms with Gasteiger partial charge in [-0.05, 0) is 36.4 Å². The van der Waals surface area contributed by atoms with Crippen LogP contribution in [0.4, 0.5) is 5.69 Å². The first kappa shape index (κ1) is 16.3. The molecule has 0 saturated heterocycles. The van der Waals surface area contributed by atoms with Crippen LogP contribution in [0.15, 0.2) is 85.5 Å². The van der Waals surface area contributed by atoms with Gasteiger partial charge in [0.15, 0.2) is 0 Å². The van der Waals surface area contributed by atoms with Crippen molar-refractivity contribution in [1.29, 1.82) is 0 Å². The van der Waals surface area contributed by atoms with Crippen LogP contribution in [0, 0.1) is 0 Å². The van der Waals surface area contributed by atoms with E-state index in [0.717, 1.165) is 33.6 Å². The molecule has 3 heterocycles. The topological polar surface area (TPSA) is 64.2 Å². The molecule has 136 valence electrons. The lowest BCUT2D eigenvalue weighted by Crippen LogP contribution is -2.18. The van der Waals surface area contributed by atoms with Crippen LogP contribution in [0.25, 0.3) is 27.9 Å². The van der Waals surface area contributed by atoms with Crippen LogP contribution in [0.2, 0.25) is 0 Å². The fourth-order valence-electron chi connectivity index (χ4n) is 3.29. The quantitative estimate of drug-likeness (QED) is 0.522. The van der Waals surface area contributed by atoms with Gasteiger partial charge in [-0.25, -0.2) is 9.97 Å². The van der Waals surface area contributed by atoms with Crippen molar-refractivity contribution in [1.82, 2.24) is 18.9 Å². The summed E-state index contributed by atoms with van der Waals surface area (Å²) in [6.07, 6.45) is 5.66. The average Bonchev–Trinajstić information content (AvgIpc) is 3.33. The van der Waals surface area contributed by atoms with Crippen LogP contribution in [0.3, 0.4) is 0 Å². The number of carbonyl (C=O) groups excluding carboxylic acids is 1. The van der Waals surface area contributed by atoms with Gasteiger partial charge in [-0.1, -0.05) is 30.3 Å². The first-order valence-corrected chi connectivity index (χ1v) is 9.00. The molecule has 6 nitrogen and oxygen atoms in total. The molecule has 3 aromatic heterocycles. The molecule has 0 saturated carbocycles. The van der Waals surface area contributed by atoms with Crippen LogP contribution in [-0.4, -0.2) is 24.8 Å². The fraction of sp³-hybridized carbons (Fsp3) is 0.0455. The van der Waals surface area contributed by atoms with Crippen molar-refractivity contribution in [2.75, 3.05) is 5.32 Å². The summed E-state index contributed by atoms with van der Waals surface area (Å²) in [5.74, 6) is -0.0939. The molecule has 0 aliphatic rings. The minimum absolute atomic E-state index is 0.0939. The summed E-state index contributed by atoms with van der Waals surface area (Å²) in [4.78, 5) is 21.4. The van der Waals surface area contributed by atoms with E-state index in [9.17, 15) is 4.79 Å². The third-order valence-corrected chi connectivity index (χ3v) is 4.67. The molecule has 1 N–H and O–H groups in total. The molecule has 0 bridgehead atoms. The van der Waals surface area contributed by atoms with E-state index in [1.165, 1.54) is 0 Å². The van der Waals surface area contributed by atoms with Gasteiger partial charge < -0.3 is 14.3 Å². The second-order valence-corrected chi connectivity index (χ2v) is 6.58. The molecule has 5 aromatic rings. The zero-order valence-electron chi connectivity index (χ0n) is 15.0. The fourth-order valence-corrected chi connectivity index (χ4v) is 3.29. The highest BCUT2D eigenvalue weighted by Gasteiger charge is 2.08. The minimum atomic E-state index is -0.0939. The molecule has 28 heavy (non-hydrogen) atoms. The summed E-state index contributed by atoms with van der Waals surface area (Å²) in [5.41, 5.74) is 5.38. The first-order chi connectivity index (χ1) is 13.8. The second-order valence-electron chi connectivity index (χ2n) is 6.58. The zero-order valence-corrected chi connectivity index (χ0v) is 15.0. The number of fused-ring (bicyclic) bond motifs is 2. The van der Waals surface area contributed by atoms with Gasteiger partial charge in [0.25, 0.3) is 0 Å². The monoisotopic (exact) mass is 367 g/mol. The standard InChI is InChI=1S/C22H17N5O/c28-22(14-27-15-23-18-5-1-2-6-20(18)27)24-17-10-8-16(9-11-17)19-13-26-12-4-3-7-21(26)25-19/h1-13,15H,14H2,(H,24,28). The van der Waals surface area contributed by atoms with Gasteiger partial charge in [0.05, 0.1) is 23.1 Å². The lowest BCUT2D eigenvalue weighted by atomic mass is 10.1. The summed E-state index contributed by atoms with van der Waals surface area (Å²) in [7, 11) is 0. The molecule has 0 aliphatic heterocycles. The molecule has 0 radical (unpaired) electrons. The largest absolute Gasteiger partial charge is 0.325 e. The van der Waals surface area contributed by atoms with Crippen molar-refractivity contribution in [3.8, 4) is 11.3 Å². The molecule has 0 aliphatic carbocycles. The number of aromatic nitrogens is 4. The number of para-hydroxylation sites is 2. The minimum Gasteiger partial charge on any atom is -0.325 e. The van der Waals surface area contributed by atoms with Crippen LogP contribution in [0.1, 0.15) is 0 Å². The van der Waals surface area contributed by atoms with Gasteiger partial charge in [0, 0.05) is 23.6 Å². The number of imidazole rings is 2. The Kier molecular flexibility index (Phi) is 3.87. The molecule has 0 fully saturated rings. The van der Waals surface area contributed by atoms with Crippen molar-refractivity contribution >= 4 is 28.3 Å². The molecule has 1 amide bonds. The number of nitrogens with one attached hydrogen (secondary N) is 1. The van der Waals surface area contributed by atoms with Crippen LogP contribution in [-0.2, 0) is 11.3 Å². The number of amides is 1. The first-order valence-electron chi connectivity index (χ1n) is 9.00. The van der Waals surface area contributed by atoms with Crippen molar-refractivity contribution in [2.24, 2.45) is 0 Å². The van der Waals surface area contributed by atoms with E-state index in [1.54, 1.807) is 6.33 Å². The number of pyridine rings is 1. The maximum atomic E-state index is 12.4. The Hall–Kier alpha value is -3.93. The molecular formula is C22H17N5O. The zero-order chi connectivity index (χ0) is 18.9. The van der Waals surface area contributed by atoms with E-state index in [2.05, 4.69) is 15.3 Å². The number of rotatable bonds is 4. The van der Waals surface area contributed by atoms with E-state index in [-0.39, 0.29) is 12.5 Å². The maximum absolute atomic E-state index is 12.4. The van der Waals surface area contributed by atoms with Gasteiger partial charge in [0.2, 0.25) is 5.91 Å². The number of carbonyl (C=O) groups is 1. The Labute approximate surface area is 161 Å². The van der Waals surface area contributed by atoms with E-state index in [0.29, 0.717) is 0 Å². The normalized spacial score (nSPS) is 11.1. The number of anilines is 1. The molecule has 6 heteroatoms. The highest BCUT2D eigenvalue weighted by Crippen LogP contribution is 2.21. The molecule has 0 spiro atoms. The van der Waals surface area contributed by atoms with E-state index in [1.807, 2.05) is 88.1 Å². The average molecular weight is 367 g/mol. The highest BCUT2D eigenvalue weighted by molar-refractivity contribution is 5.91. The lowest BCUT2D eigenvalue weighted by molar-refractivity contribution is -0.116. The van der Waals surface area contributed by atoms with Gasteiger partial charge in [-0.3, -0.25) is 4.79 Å². The molecule has 2 aromatic carbocycles. The Morgan fingerprint density at radius 1 is 0.964 bits per heavy atom. The lowest BCUT2D eigenvalue weighted by Gasteiger charge is -2.07. The summed E-state index contributed by atoms with van der Waals surface area (Å²) >= 11 is 0. The van der Waals surface area contributed by atoms with Crippen LogP contribution in [0.5, 0.6) is 0 Å². The second kappa shape index (κ2) is 6.66. The van der Waals surface area contributed by atoms with Crippen molar-refractivity contribution in [3.05, 3.63) is 85.5 Å². The predicted octanol–water partition coefficient (Wildman–Crippen LogP) is 3.99. The number of hydrogen-bond donors (Lipinski definition) is 1. The molecule has 0 atom stereocenters. The number of hydrogen-bond acceptors (Lipinski definition) is 3. The molecule has 5 rings (SSSR count). The highest BCUT2D eigenvalue weighted by atomic mass is 16.1. The van der Waals surface area contributed by atoms with Gasteiger partial charge in [-0.15, -0.1) is 0 Å². The van der Waals surface area contributed by atoms with Crippen molar-refractivity contribution < 1.29 is 4.79 Å². The number of benzene rings is 2. The maximum Gasteiger partial charge on any atom is 0.244 e. The van der Waals surface area contributed by atoms with E-state index < -0.39 is 0 Å². The third-order valence-electron chi connectivity index (χ3n) is 4.67. The SMILES string of the molecule is O=C(Cn1cnc2ccccc21)Nc1ccc(-c2cn3ccccc3n2)cc1. The summed E-state index contributed by atoms with van der Waals surface area (Å²) in [6.45, 7) is 0.217. The van der Waals surface area contributed by atoms with Gasteiger partial charge >= 0.3 is 0 Å². The number of nitrogens with zero attached hydrogens (tertiary/aromatic N) is 4. The third kappa shape index (κ3) is 3.01. The Morgan fingerprint density at radius 3 is 2.64 bits per heavy atom. The van der Waals surface area contributed by atoms with Crippen molar-refractivity contribution in [2.45, 2.75) is 6.54 Å². The van der Waals surface area contributed by atoms with Gasteiger partial charge in [-0.2, -0.15) is 0 Å². The smallest absolute Gasteiger partial charge is 0.244 e. The van der Waals surface area contributed by atoms with Crippen LogP contribution >= 0.6 is 0 Å². The van der Waals surface area contributed by atoms with E-state index in [4.69, 9.17) is 0 Å². The van der Waals surface area contributed by atoms with Gasteiger partial charge in [0.1, 0.15) is 12.2 Å². The van der Waals surface area contributed by atoms with Crippen molar-refractivity contribution in [3.63, 3.8) is 0 Å². The Morgan fingerprint density at radius 2 is 1.79 bits per heavy atom. The summed E-state index contributed by atoms with van der Waals surface area (Å²) in [5, 5.41) is 2.94. The van der Waals surface area contributed by atoms with Crippen LogP contribution < -0.4 is 5.32 Å².